The van der Waals surface area contributed by atoms with Gasteiger partial charge in [-0.2, -0.15) is 16.3 Å². The molecule has 8 heteroatoms. The van der Waals surface area contributed by atoms with Gasteiger partial charge in [0, 0.05) is 5.38 Å². The highest BCUT2D eigenvalue weighted by atomic mass is 32.1. The average molecular weight is 372 g/mol. The van der Waals surface area contributed by atoms with Gasteiger partial charge in [0.05, 0.1) is 18.5 Å². The van der Waals surface area contributed by atoms with Crippen LogP contribution in [0.25, 0.3) is 0 Å². The van der Waals surface area contributed by atoms with Crippen molar-refractivity contribution in [2.24, 2.45) is 0 Å². The first-order chi connectivity index (χ1) is 12.7. The lowest BCUT2D eigenvalue weighted by atomic mass is 10.1. The van der Waals surface area contributed by atoms with Crippen LogP contribution in [0.2, 0.25) is 0 Å². The molecule has 2 aromatic heterocycles. The number of rotatable bonds is 7. The Morgan fingerprint density at radius 1 is 1.19 bits per heavy atom. The maximum Gasteiger partial charge on any atom is 0.324 e. The van der Waals surface area contributed by atoms with Crippen LogP contribution in [-0.2, 0) is 6.42 Å². The van der Waals surface area contributed by atoms with Crippen LogP contribution in [0.3, 0.4) is 0 Å². The highest BCUT2D eigenvalue weighted by Crippen LogP contribution is 2.16. The lowest BCUT2D eigenvalue weighted by Crippen LogP contribution is -2.21. The summed E-state index contributed by atoms with van der Waals surface area (Å²) in [6, 6.07) is 11.2. The van der Waals surface area contributed by atoms with Crippen molar-refractivity contribution in [2.75, 3.05) is 17.2 Å². The molecule has 0 aliphatic carbocycles. The predicted octanol–water partition coefficient (Wildman–Crippen LogP) is 4.33. The molecule has 2 amide bonds. The van der Waals surface area contributed by atoms with E-state index in [0.29, 0.717) is 12.3 Å². The van der Waals surface area contributed by atoms with E-state index in [9.17, 15) is 9.18 Å². The summed E-state index contributed by atoms with van der Waals surface area (Å²) in [4.78, 5) is 19.6. The second kappa shape index (κ2) is 8.91. The lowest BCUT2D eigenvalue weighted by Gasteiger charge is -2.09. The number of nitrogens with one attached hydrogen (secondary N) is 2. The molecule has 0 aliphatic heterocycles. The van der Waals surface area contributed by atoms with Crippen LogP contribution in [0.4, 0.5) is 20.7 Å². The van der Waals surface area contributed by atoms with E-state index in [1.807, 2.05) is 35.7 Å². The first-order valence-corrected chi connectivity index (χ1v) is 8.94. The molecule has 0 radical (unpaired) electrons. The van der Waals surface area contributed by atoms with E-state index in [0.717, 1.165) is 19.0 Å². The summed E-state index contributed by atoms with van der Waals surface area (Å²) in [6.07, 6.45) is 2.60. The van der Waals surface area contributed by atoms with Crippen molar-refractivity contribution in [3.05, 3.63) is 64.7 Å². The lowest BCUT2D eigenvalue weighted by molar-refractivity contribution is 0.261. The Morgan fingerprint density at radius 2 is 2.04 bits per heavy atom. The van der Waals surface area contributed by atoms with Crippen LogP contribution in [0.1, 0.15) is 12.0 Å². The number of halogens is 1. The van der Waals surface area contributed by atoms with Crippen molar-refractivity contribution in [1.29, 1.82) is 0 Å². The van der Waals surface area contributed by atoms with E-state index >= 15 is 0 Å². The molecular formula is C18H17FN4O2S. The van der Waals surface area contributed by atoms with Gasteiger partial charge in [-0.3, -0.25) is 5.32 Å². The summed E-state index contributed by atoms with van der Waals surface area (Å²) in [5.41, 5.74) is 1.84. The van der Waals surface area contributed by atoms with E-state index in [1.54, 1.807) is 11.4 Å². The number of ether oxygens (including phenoxy) is 1. The van der Waals surface area contributed by atoms with Crippen LogP contribution in [-0.4, -0.2) is 22.6 Å². The van der Waals surface area contributed by atoms with Crippen LogP contribution in [0.15, 0.2) is 53.4 Å². The summed E-state index contributed by atoms with van der Waals surface area (Å²) in [5, 5.41) is 8.52. The third-order valence-corrected chi connectivity index (χ3v) is 4.10. The van der Waals surface area contributed by atoms with Crippen molar-refractivity contribution in [2.45, 2.75) is 12.8 Å². The van der Waals surface area contributed by atoms with Gasteiger partial charge in [-0.1, -0.05) is 30.3 Å². The number of hydrogen-bond donors (Lipinski definition) is 2. The average Bonchev–Trinajstić information content (AvgIpc) is 3.15. The van der Waals surface area contributed by atoms with Crippen molar-refractivity contribution < 1.29 is 13.9 Å². The van der Waals surface area contributed by atoms with Gasteiger partial charge in [-0.25, -0.2) is 14.2 Å². The van der Waals surface area contributed by atoms with Crippen molar-refractivity contribution >= 4 is 28.9 Å². The fraction of sp³-hybridized carbons (Fsp3) is 0.167. The van der Waals surface area contributed by atoms with Crippen molar-refractivity contribution in [3.63, 3.8) is 0 Å². The number of urea groups is 1. The topological polar surface area (TPSA) is 76.1 Å². The van der Waals surface area contributed by atoms with Gasteiger partial charge < -0.3 is 10.1 Å². The van der Waals surface area contributed by atoms with Gasteiger partial charge in [0.25, 0.3) is 0 Å². The van der Waals surface area contributed by atoms with Crippen LogP contribution in [0, 0.1) is 5.82 Å². The number of carbonyl (C=O) groups is 1. The van der Waals surface area contributed by atoms with Gasteiger partial charge in [-0.15, -0.1) is 0 Å². The van der Waals surface area contributed by atoms with Gasteiger partial charge in [0.2, 0.25) is 0 Å². The molecule has 2 N–H and O–H groups in total. The fourth-order valence-electron chi connectivity index (χ4n) is 2.20. The number of thiophene rings is 1. The predicted molar refractivity (Wildman–Crippen MR) is 99.2 cm³/mol. The molecular weight excluding hydrogens is 355 g/mol. The molecule has 0 atom stereocenters. The molecule has 0 fully saturated rings. The molecule has 0 aliphatic rings. The molecule has 1 aromatic carbocycles. The molecule has 3 aromatic rings. The van der Waals surface area contributed by atoms with E-state index in [1.165, 1.54) is 16.9 Å². The van der Waals surface area contributed by atoms with Crippen LogP contribution in [0.5, 0.6) is 6.01 Å². The third-order valence-electron chi connectivity index (χ3n) is 3.42. The summed E-state index contributed by atoms with van der Waals surface area (Å²) in [5.74, 6) is -0.965. The number of aromatic nitrogens is 2. The minimum absolute atomic E-state index is 0.0188. The largest absolute Gasteiger partial charge is 0.463 e. The third kappa shape index (κ3) is 5.25. The number of amides is 2. The maximum absolute atomic E-state index is 13.8. The number of hydrogen-bond acceptors (Lipinski definition) is 5. The molecule has 0 saturated heterocycles. The number of aryl methyl sites for hydroxylation is 1. The Balaban J connectivity index is 1.51. The second-order valence-electron chi connectivity index (χ2n) is 5.38. The number of benzene rings is 1. The normalized spacial score (nSPS) is 10.3. The Bertz CT molecular complexity index is 844. The molecule has 6 nitrogen and oxygen atoms in total. The second-order valence-corrected chi connectivity index (χ2v) is 6.16. The Morgan fingerprint density at radius 3 is 2.81 bits per heavy atom. The monoisotopic (exact) mass is 372 g/mol. The molecule has 134 valence electrons. The summed E-state index contributed by atoms with van der Waals surface area (Å²) in [7, 11) is 0. The quantitative estimate of drug-likeness (QED) is 0.605. The van der Waals surface area contributed by atoms with Gasteiger partial charge in [-0.05, 0) is 29.9 Å². The van der Waals surface area contributed by atoms with Crippen molar-refractivity contribution in [3.8, 4) is 6.01 Å². The van der Waals surface area contributed by atoms with E-state index in [4.69, 9.17) is 4.74 Å². The Labute approximate surface area is 154 Å². The fourth-order valence-corrected chi connectivity index (χ4v) is 2.79. The van der Waals surface area contributed by atoms with Gasteiger partial charge in [0.1, 0.15) is 0 Å². The zero-order valence-electron chi connectivity index (χ0n) is 13.8. The summed E-state index contributed by atoms with van der Waals surface area (Å²) >= 11 is 1.44. The maximum atomic E-state index is 13.8. The zero-order chi connectivity index (χ0) is 18.2. The highest BCUT2D eigenvalue weighted by molar-refractivity contribution is 7.08. The minimum Gasteiger partial charge on any atom is -0.463 e. The first kappa shape index (κ1) is 17.8. The number of carbonyl (C=O) groups excluding carboxylic acids is 1. The van der Waals surface area contributed by atoms with Crippen LogP contribution < -0.4 is 15.4 Å². The van der Waals surface area contributed by atoms with Crippen molar-refractivity contribution in [1.82, 2.24) is 9.97 Å². The molecule has 0 bridgehead atoms. The Hall–Kier alpha value is -3.00. The summed E-state index contributed by atoms with van der Waals surface area (Å²) < 4.78 is 19.2. The molecule has 3 rings (SSSR count). The van der Waals surface area contributed by atoms with Gasteiger partial charge >= 0.3 is 12.0 Å². The smallest absolute Gasteiger partial charge is 0.324 e. The van der Waals surface area contributed by atoms with E-state index in [2.05, 4.69) is 20.6 Å². The van der Waals surface area contributed by atoms with Crippen LogP contribution >= 0.6 is 11.3 Å². The Kier molecular flexibility index (Phi) is 6.10. The molecule has 0 unspecified atom stereocenters. The SMILES string of the molecule is O=C(Nc1ccsc1)Nc1nc(OCCCc2ccccc2)ncc1F. The van der Waals surface area contributed by atoms with Gasteiger partial charge in [0.15, 0.2) is 11.6 Å². The molecule has 26 heavy (non-hydrogen) atoms. The van der Waals surface area contributed by atoms with E-state index < -0.39 is 11.8 Å². The molecule has 2 heterocycles. The van der Waals surface area contributed by atoms with E-state index in [-0.39, 0.29) is 11.8 Å². The standard InChI is InChI=1S/C18H17FN4O2S/c19-15-11-20-18(25-9-4-7-13-5-2-1-3-6-13)23-16(15)22-17(24)21-14-8-10-26-12-14/h1-3,5-6,8,10-12H,4,7,9H2,(H2,20,21,22,23,24). The first-order valence-electron chi connectivity index (χ1n) is 8.00. The number of nitrogens with zero attached hydrogens (tertiary/aromatic N) is 2. The minimum atomic E-state index is -0.734. The summed E-state index contributed by atoms with van der Waals surface area (Å²) in [6.45, 7) is 0.390. The molecule has 0 spiro atoms. The molecule has 0 saturated carbocycles. The highest BCUT2D eigenvalue weighted by Gasteiger charge is 2.11. The number of anilines is 2. The zero-order valence-corrected chi connectivity index (χ0v) is 14.6.